The van der Waals surface area contributed by atoms with Gasteiger partial charge in [-0.3, -0.25) is 0 Å². The van der Waals surface area contributed by atoms with Crippen molar-refractivity contribution >= 4 is 21.7 Å². The Morgan fingerprint density at radius 3 is 2.40 bits per heavy atom. The first-order valence-electron chi connectivity index (χ1n) is 6.19. The molecule has 0 saturated carbocycles. The first kappa shape index (κ1) is 16.4. The molecule has 0 fully saturated rings. The summed E-state index contributed by atoms with van der Waals surface area (Å²) in [5, 5.41) is 10.0. The Hall–Kier alpha value is -1.64. The molecule has 1 unspecified atom stereocenters. The molecule has 0 aliphatic rings. The molecule has 112 valence electrons. The molecular formula is C12H20N4O3S. The normalized spacial score (nSPS) is 12.8. The number of carbonyl (C=O) groups excluding carboxylic acids is 1. The van der Waals surface area contributed by atoms with E-state index < -0.39 is 16.1 Å². The molecule has 1 atom stereocenters. The predicted molar refractivity (Wildman–Crippen MR) is 78.7 cm³/mol. The quantitative estimate of drug-likeness (QED) is 0.570. The predicted octanol–water partition coefficient (Wildman–Crippen LogP) is 0.506. The minimum Gasteiger partial charge on any atom is -0.338 e. The average Bonchev–Trinajstić information content (AvgIpc) is 2.34. The topological polar surface area (TPSA) is 127 Å². The lowest BCUT2D eigenvalue weighted by Gasteiger charge is -2.09. The van der Waals surface area contributed by atoms with Gasteiger partial charge < -0.3 is 16.4 Å². The van der Waals surface area contributed by atoms with Crippen LogP contribution >= 0.6 is 0 Å². The summed E-state index contributed by atoms with van der Waals surface area (Å²) in [6, 6.07) is 6.72. The number of primary sulfonamides is 1. The van der Waals surface area contributed by atoms with Crippen LogP contribution in [0.2, 0.25) is 0 Å². The van der Waals surface area contributed by atoms with E-state index in [1.165, 1.54) is 0 Å². The summed E-state index contributed by atoms with van der Waals surface area (Å²) in [4.78, 5) is 11.5. The fourth-order valence-electron chi connectivity index (χ4n) is 1.52. The van der Waals surface area contributed by atoms with E-state index in [0.717, 1.165) is 5.56 Å². The number of hydrogen-bond donors (Lipinski definition) is 4. The third kappa shape index (κ3) is 6.50. The number of urea groups is 1. The van der Waals surface area contributed by atoms with Crippen molar-refractivity contribution in [1.29, 1.82) is 0 Å². The number of nitrogens with one attached hydrogen (secondary N) is 2. The molecule has 0 spiro atoms. The van der Waals surface area contributed by atoms with E-state index in [1.54, 1.807) is 12.1 Å². The highest BCUT2D eigenvalue weighted by Gasteiger charge is 2.05. The second-order valence-electron chi connectivity index (χ2n) is 4.51. The maximum Gasteiger partial charge on any atom is 0.319 e. The first-order chi connectivity index (χ1) is 9.28. The van der Waals surface area contributed by atoms with Crippen LogP contribution in [0.1, 0.15) is 24.9 Å². The van der Waals surface area contributed by atoms with E-state index >= 15 is 0 Å². The van der Waals surface area contributed by atoms with Gasteiger partial charge in [0.25, 0.3) is 0 Å². The number of hydrogen-bond acceptors (Lipinski definition) is 4. The molecule has 0 heterocycles. The summed E-state index contributed by atoms with van der Waals surface area (Å²) in [5.74, 6) is -0.156. The van der Waals surface area contributed by atoms with Crippen molar-refractivity contribution in [3.05, 3.63) is 29.8 Å². The van der Waals surface area contributed by atoms with Crippen LogP contribution in [0.4, 0.5) is 10.5 Å². The van der Waals surface area contributed by atoms with Crippen molar-refractivity contribution in [3.63, 3.8) is 0 Å². The van der Waals surface area contributed by atoms with E-state index in [9.17, 15) is 13.2 Å². The zero-order valence-corrected chi connectivity index (χ0v) is 12.1. The van der Waals surface area contributed by atoms with E-state index in [2.05, 4.69) is 10.6 Å². The maximum absolute atomic E-state index is 11.5. The molecule has 1 aromatic rings. The molecule has 1 rings (SSSR count). The molecule has 20 heavy (non-hydrogen) atoms. The first-order valence-corrected chi connectivity index (χ1v) is 7.90. The lowest BCUT2D eigenvalue weighted by Crippen LogP contribution is -2.31. The van der Waals surface area contributed by atoms with Crippen molar-refractivity contribution in [2.24, 2.45) is 10.9 Å². The molecule has 0 aliphatic heterocycles. The summed E-state index contributed by atoms with van der Waals surface area (Å²) >= 11 is 0. The summed E-state index contributed by atoms with van der Waals surface area (Å²) in [6.45, 7) is 2.11. The Morgan fingerprint density at radius 2 is 1.90 bits per heavy atom. The summed E-state index contributed by atoms with van der Waals surface area (Å²) in [5.41, 5.74) is 7.34. The largest absolute Gasteiger partial charge is 0.338 e. The Morgan fingerprint density at radius 1 is 1.30 bits per heavy atom. The third-order valence-electron chi connectivity index (χ3n) is 2.59. The van der Waals surface area contributed by atoms with Gasteiger partial charge in [-0.2, -0.15) is 0 Å². The van der Waals surface area contributed by atoms with Gasteiger partial charge in [0.05, 0.1) is 5.75 Å². The van der Waals surface area contributed by atoms with Gasteiger partial charge in [-0.15, -0.1) is 0 Å². The molecule has 0 radical (unpaired) electrons. The second kappa shape index (κ2) is 7.22. The van der Waals surface area contributed by atoms with Crippen LogP contribution in [-0.4, -0.2) is 26.7 Å². The molecule has 6 N–H and O–H groups in total. The standard InChI is InChI=1S/C12H20N4O3S/c1-9(13)10-3-5-11(6-4-10)16-12(17)15-7-2-8-20(14,18)19/h3-6,9H,2,7-8,13H2,1H3,(H2,14,18,19)(H2,15,16,17). The molecule has 0 saturated heterocycles. The Balaban J connectivity index is 2.35. The number of anilines is 1. The van der Waals surface area contributed by atoms with Gasteiger partial charge in [-0.25, -0.2) is 18.4 Å². The van der Waals surface area contributed by atoms with Gasteiger partial charge in [0, 0.05) is 18.3 Å². The summed E-state index contributed by atoms with van der Waals surface area (Å²) < 4.78 is 21.4. The van der Waals surface area contributed by atoms with Gasteiger partial charge in [0.15, 0.2) is 0 Å². The molecule has 7 nitrogen and oxygen atoms in total. The van der Waals surface area contributed by atoms with Gasteiger partial charge in [0.1, 0.15) is 0 Å². The van der Waals surface area contributed by atoms with E-state index in [-0.39, 0.29) is 24.8 Å². The summed E-state index contributed by atoms with van der Waals surface area (Å²) in [6.07, 6.45) is 0.274. The molecule has 0 aliphatic carbocycles. The van der Waals surface area contributed by atoms with Gasteiger partial charge in [-0.1, -0.05) is 12.1 Å². The highest BCUT2D eigenvalue weighted by Crippen LogP contribution is 2.13. The number of amides is 2. The van der Waals surface area contributed by atoms with Gasteiger partial charge in [0.2, 0.25) is 10.0 Å². The zero-order valence-electron chi connectivity index (χ0n) is 11.3. The van der Waals surface area contributed by atoms with Crippen LogP contribution < -0.4 is 21.5 Å². The molecule has 0 bridgehead atoms. The highest BCUT2D eigenvalue weighted by atomic mass is 32.2. The van der Waals surface area contributed by atoms with Crippen molar-refractivity contribution in [1.82, 2.24) is 5.32 Å². The monoisotopic (exact) mass is 300 g/mol. The fraction of sp³-hybridized carbons (Fsp3) is 0.417. The number of nitrogens with two attached hydrogens (primary N) is 2. The molecule has 8 heteroatoms. The molecule has 0 aromatic heterocycles. The molecular weight excluding hydrogens is 280 g/mol. The van der Waals surface area contributed by atoms with Crippen LogP contribution in [0.15, 0.2) is 24.3 Å². The van der Waals surface area contributed by atoms with E-state index in [0.29, 0.717) is 5.69 Å². The van der Waals surface area contributed by atoms with E-state index in [4.69, 9.17) is 10.9 Å². The lowest BCUT2D eigenvalue weighted by molar-refractivity contribution is 0.252. The minimum atomic E-state index is -3.48. The number of rotatable bonds is 6. The lowest BCUT2D eigenvalue weighted by atomic mass is 10.1. The number of sulfonamides is 1. The van der Waals surface area contributed by atoms with Crippen molar-refractivity contribution in [3.8, 4) is 0 Å². The minimum absolute atomic E-state index is 0.0592. The smallest absolute Gasteiger partial charge is 0.319 e. The van der Waals surface area contributed by atoms with Crippen LogP contribution in [0.3, 0.4) is 0 Å². The highest BCUT2D eigenvalue weighted by molar-refractivity contribution is 7.89. The van der Waals surface area contributed by atoms with Crippen LogP contribution in [0, 0.1) is 0 Å². The summed E-state index contributed by atoms with van der Waals surface area (Å²) in [7, 11) is -3.48. The average molecular weight is 300 g/mol. The second-order valence-corrected chi connectivity index (χ2v) is 6.25. The van der Waals surface area contributed by atoms with Crippen molar-refractivity contribution in [2.45, 2.75) is 19.4 Å². The van der Waals surface area contributed by atoms with Crippen molar-refractivity contribution in [2.75, 3.05) is 17.6 Å². The number of carbonyl (C=O) groups is 1. The maximum atomic E-state index is 11.5. The number of benzene rings is 1. The van der Waals surface area contributed by atoms with Crippen LogP contribution in [0.25, 0.3) is 0 Å². The van der Waals surface area contributed by atoms with E-state index in [1.807, 2.05) is 19.1 Å². The van der Waals surface area contributed by atoms with Crippen LogP contribution in [-0.2, 0) is 10.0 Å². The molecule has 1 aromatic carbocycles. The Bertz CT molecular complexity index is 540. The Labute approximate surface area is 118 Å². The molecule has 2 amide bonds. The van der Waals surface area contributed by atoms with Crippen molar-refractivity contribution < 1.29 is 13.2 Å². The van der Waals surface area contributed by atoms with Gasteiger partial charge in [-0.05, 0) is 31.0 Å². The zero-order chi connectivity index (χ0) is 15.2. The van der Waals surface area contributed by atoms with Crippen LogP contribution in [0.5, 0.6) is 0 Å². The third-order valence-corrected chi connectivity index (χ3v) is 3.44. The SMILES string of the molecule is CC(N)c1ccc(NC(=O)NCCCS(N)(=O)=O)cc1. The van der Waals surface area contributed by atoms with Gasteiger partial charge >= 0.3 is 6.03 Å². The Kier molecular flexibility index (Phi) is 5.93. The fourth-order valence-corrected chi connectivity index (χ4v) is 2.07.